The van der Waals surface area contributed by atoms with E-state index in [9.17, 15) is 9.59 Å². The minimum Gasteiger partial charge on any atom is -0.466 e. The molecule has 0 aromatic rings. The maximum absolute atomic E-state index is 12.2. The number of carbonyl (C=O) groups excluding carboxylic acids is 2. The molecule has 2 fully saturated rings. The lowest BCUT2D eigenvalue weighted by Crippen LogP contribution is -2.43. The molecule has 0 saturated heterocycles. The van der Waals surface area contributed by atoms with Crippen molar-refractivity contribution in [1.82, 2.24) is 4.90 Å². The Hall–Kier alpha value is -1.06. The normalized spacial score (nSPS) is 26.1. The Kier molecular flexibility index (Phi) is 5.44. The molecule has 0 bridgehead atoms. The van der Waals surface area contributed by atoms with Gasteiger partial charge in [-0.1, -0.05) is 0 Å². The molecule has 0 spiro atoms. The van der Waals surface area contributed by atoms with Crippen LogP contribution in [-0.2, 0) is 14.3 Å². The van der Waals surface area contributed by atoms with Crippen molar-refractivity contribution in [2.24, 2.45) is 11.8 Å². The Morgan fingerprint density at radius 2 is 1.70 bits per heavy atom. The SMILES string of the molecule is CCOC(=O)CC1CCC(N(CC)C(=O)C2CC2)CC1. The second kappa shape index (κ2) is 7.09. The highest BCUT2D eigenvalue weighted by Gasteiger charge is 2.36. The quantitative estimate of drug-likeness (QED) is 0.703. The van der Waals surface area contributed by atoms with Gasteiger partial charge in [0.05, 0.1) is 6.61 Å². The Morgan fingerprint density at radius 3 is 2.20 bits per heavy atom. The highest BCUT2D eigenvalue weighted by molar-refractivity contribution is 5.81. The standard InChI is InChI=1S/C16H27NO3/c1-3-17(16(19)13-7-8-13)14-9-5-12(6-10-14)11-15(18)20-4-2/h12-14H,3-11H2,1-2H3. The largest absolute Gasteiger partial charge is 0.466 e. The molecule has 20 heavy (non-hydrogen) atoms. The van der Waals surface area contributed by atoms with E-state index in [0.717, 1.165) is 45.1 Å². The van der Waals surface area contributed by atoms with Crippen LogP contribution in [0.5, 0.6) is 0 Å². The fourth-order valence-corrected chi connectivity index (χ4v) is 3.28. The van der Waals surface area contributed by atoms with Crippen molar-refractivity contribution in [1.29, 1.82) is 0 Å². The number of hydrogen-bond acceptors (Lipinski definition) is 3. The van der Waals surface area contributed by atoms with Crippen LogP contribution in [0.25, 0.3) is 0 Å². The molecule has 0 heterocycles. The van der Waals surface area contributed by atoms with E-state index in [4.69, 9.17) is 4.74 Å². The molecule has 2 rings (SSSR count). The summed E-state index contributed by atoms with van der Waals surface area (Å²) in [5.74, 6) is 1.05. The van der Waals surface area contributed by atoms with Gasteiger partial charge in [-0.2, -0.15) is 0 Å². The van der Waals surface area contributed by atoms with Gasteiger partial charge in [-0.05, 0) is 58.3 Å². The van der Waals surface area contributed by atoms with Crippen molar-refractivity contribution >= 4 is 11.9 Å². The molecule has 0 atom stereocenters. The average molecular weight is 281 g/mol. The van der Waals surface area contributed by atoms with Gasteiger partial charge in [0.15, 0.2) is 0 Å². The van der Waals surface area contributed by atoms with Gasteiger partial charge in [0.1, 0.15) is 0 Å². The number of carbonyl (C=O) groups is 2. The van der Waals surface area contributed by atoms with Crippen LogP contribution in [-0.4, -0.2) is 36.0 Å². The maximum Gasteiger partial charge on any atom is 0.306 e. The number of rotatable bonds is 6. The molecule has 0 aliphatic heterocycles. The summed E-state index contributed by atoms with van der Waals surface area (Å²) in [5, 5.41) is 0. The highest BCUT2D eigenvalue weighted by Crippen LogP contribution is 2.35. The zero-order valence-corrected chi connectivity index (χ0v) is 12.8. The molecule has 2 saturated carbocycles. The Bertz CT molecular complexity index is 344. The fourth-order valence-electron chi connectivity index (χ4n) is 3.28. The van der Waals surface area contributed by atoms with Gasteiger partial charge < -0.3 is 9.64 Å². The number of ether oxygens (including phenoxy) is 1. The van der Waals surface area contributed by atoms with Gasteiger partial charge >= 0.3 is 5.97 Å². The third-order valence-electron chi connectivity index (χ3n) is 4.57. The second-order valence-corrected chi connectivity index (χ2v) is 6.08. The summed E-state index contributed by atoms with van der Waals surface area (Å²) in [7, 11) is 0. The molecule has 4 heteroatoms. The van der Waals surface area contributed by atoms with E-state index in [1.807, 2.05) is 6.92 Å². The summed E-state index contributed by atoms with van der Waals surface area (Å²) in [6, 6.07) is 0.395. The highest BCUT2D eigenvalue weighted by atomic mass is 16.5. The summed E-state index contributed by atoms with van der Waals surface area (Å²) < 4.78 is 5.01. The molecule has 0 aromatic carbocycles. The first-order valence-corrected chi connectivity index (χ1v) is 8.11. The van der Waals surface area contributed by atoms with E-state index >= 15 is 0 Å². The number of nitrogens with zero attached hydrogens (tertiary/aromatic N) is 1. The number of amides is 1. The fraction of sp³-hybridized carbons (Fsp3) is 0.875. The number of esters is 1. The molecule has 0 radical (unpaired) electrons. The molecule has 0 aromatic heterocycles. The minimum absolute atomic E-state index is 0.0719. The Morgan fingerprint density at radius 1 is 1.05 bits per heavy atom. The lowest BCUT2D eigenvalue weighted by atomic mass is 9.83. The van der Waals surface area contributed by atoms with E-state index in [1.165, 1.54) is 0 Å². The monoisotopic (exact) mass is 281 g/mol. The van der Waals surface area contributed by atoms with Crippen LogP contribution in [0, 0.1) is 11.8 Å². The molecular weight excluding hydrogens is 254 g/mol. The van der Waals surface area contributed by atoms with Crippen LogP contribution in [0.1, 0.15) is 58.8 Å². The third kappa shape index (κ3) is 3.97. The summed E-state index contributed by atoms with van der Waals surface area (Å²) in [6.45, 7) is 5.21. The maximum atomic E-state index is 12.2. The second-order valence-electron chi connectivity index (χ2n) is 6.08. The van der Waals surface area contributed by atoms with Crippen molar-refractivity contribution in [2.45, 2.75) is 64.8 Å². The van der Waals surface area contributed by atoms with Gasteiger partial charge in [0.25, 0.3) is 0 Å². The predicted molar refractivity (Wildman–Crippen MR) is 77.1 cm³/mol. The zero-order chi connectivity index (χ0) is 14.5. The smallest absolute Gasteiger partial charge is 0.306 e. The molecular formula is C16H27NO3. The predicted octanol–water partition coefficient (Wildman–Crippen LogP) is 2.76. The third-order valence-corrected chi connectivity index (χ3v) is 4.57. The topological polar surface area (TPSA) is 46.6 Å². The van der Waals surface area contributed by atoms with Gasteiger partial charge in [-0.15, -0.1) is 0 Å². The molecule has 4 nitrogen and oxygen atoms in total. The molecule has 2 aliphatic rings. The first-order chi connectivity index (χ1) is 9.65. The van der Waals surface area contributed by atoms with E-state index in [1.54, 1.807) is 0 Å². The van der Waals surface area contributed by atoms with Crippen LogP contribution in [0.15, 0.2) is 0 Å². The van der Waals surface area contributed by atoms with Crippen molar-refractivity contribution in [3.63, 3.8) is 0 Å². The van der Waals surface area contributed by atoms with Crippen molar-refractivity contribution in [3.05, 3.63) is 0 Å². The van der Waals surface area contributed by atoms with E-state index in [0.29, 0.717) is 36.8 Å². The van der Waals surface area contributed by atoms with Crippen LogP contribution in [0.3, 0.4) is 0 Å². The van der Waals surface area contributed by atoms with Crippen LogP contribution in [0.4, 0.5) is 0 Å². The van der Waals surface area contributed by atoms with Crippen LogP contribution >= 0.6 is 0 Å². The van der Waals surface area contributed by atoms with Gasteiger partial charge in [0.2, 0.25) is 5.91 Å². The Balaban J connectivity index is 1.77. The van der Waals surface area contributed by atoms with Crippen LogP contribution in [0.2, 0.25) is 0 Å². The summed E-state index contributed by atoms with van der Waals surface area (Å²) in [4.78, 5) is 25.8. The van der Waals surface area contributed by atoms with Crippen molar-refractivity contribution in [3.8, 4) is 0 Å². The van der Waals surface area contributed by atoms with E-state index in [-0.39, 0.29) is 5.97 Å². The van der Waals surface area contributed by atoms with Gasteiger partial charge in [0, 0.05) is 24.9 Å². The zero-order valence-electron chi connectivity index (χ0n) is 12.8. The van der Waals surface area contributed by atoms with Crippen molar-refractivity contribution in [2.75, 3.05) is 13.2 Å². The van der Waals surface area contributed by atoms with Gasteiger partial charge in [-0.25, -0.2) is 0 Å². The lowest BCUT2D eigenvalue weighted by molar-refractivity contribution is -0.145. The van der Waals surface area contributed by atoms with E-state index in [2.05, 4.69) is 11.8 Å². The molecule has 0 unspecified atom stereocenters. The molecule has 1 amide bonds. The van der Waals surface area contributed by atoms with E-state index < -0.39 is 0 Å². The molecule has 0 N–H and O–H groups in total. The molecule has 2 aliphatic carbocycles. The van der Waals surface area contributed by atoms with Crippen molar-refractivity contribution < 1.29 is 14.3 Å². The first kappa shape index (κ1) is 15.3. The summed E-state index contributed by atoms with van der Waals surface area (Å²) in [6.07, 6.45) is 6.85. The minimum atomic E-state index is -0.0719. The summed E-state index contributed by atoms with van der Waals surface area (Å²) >= 11 is 0. The first-order valence-electron chi connectivity index (χ1n) is 8.11. The molecule has 114 valence electrons. The van der Waals surface area contributed by atoms with Crippen LogP contribution < -0.4 is 0 Å². The number of hydrogen-bond donors (Lipinski definition) is 0. The summed E-state index contributed by atoms with van der Waals surface area (Å²) in [5.41, 5.74) is 0. The Labute approximate surface area is 121 Å². The average Bonchev–Trinajstić information content (AvgIpc) is 3.26. The lowest BCUT2D eigenvalue weighted by Gasteiger charge is -2.36. The van der Waals surface area contributed by atoms with Gasteiger partial charge in [-0.3, -0.25) is 9.59 Å².